The van der Waals surface area contributed by atoms with Crippen LogP contribution in [0.2, 0.25) is 5.02 Å². The quantitative estimate of drug-likeness (QED) is 0.852. The van der Waals surface area contributed by atoms with Gasteiger partial charge in [0.1, 0.15) is 0 Å². The number of alkyl halides is 3. The summed E-state index contributed by atoms with van der Waals surface area (Å²) >= 11 is 5.61. The molecule has 0 spiro atoms. The summed E-state index contributed by atoms with van der Waals surface area (Å²) in [5, 5.41) is 0.0851. The number of benzene rings is 1. The van der Waals surface area contributed by atoms with E-state index >= 15 is 0 Å². The maximum absolute atomic E-state index is 12.9. The van der Waals surface area contributed by atoms with Gasteiger partial charge in [0.2, 0.25) is 0 Å². The fraction of sp³-hybridized carbons (Fsp3) is 0.500. The van der Waals surface area contributed by atoms with E-state index in [0.717, 1.165) is 25.3 Å². The number of hydrogen-bond acceptors (Lipinski definition) is 1. The van der Waals surface area contributed by atoms with E-state index in [1.807, 2.05) is 0 Å². The third kappa shape index (κ3) is 2.58. The molecule has 0 unspecified atom stereocenters. The first kappa shape index (κ1) is 12.7. The Bertz CT molecular complexity index is 413. The lowest BCUT2D eigenvalue weighted by atomic mass is 9.76. The molecule has 1 saturated carbocycles. The molecule has 1 nitrogen and oxygen atoms in total. The second-order valence-electron chi connectivity index (χ2n) is 4.45. The molecule has 0 aliphatic heterocycles. The van der Waals surface area contributed by atoms with Crippen molar-refractivity contribution in [2.45, 2.75) is 31.5 Å². The lowest BCUT2D eigenvalue weighted by Gasteiger charge is -2.32. The number of nitrogens with two attached hydrogens (primary N) is 1. The highest BCUT2D eigenvalue weighted by Gasteiger charge is 2.37. The molecule has 0 radical (unpaired) electrons. The average molecular weight is 264 g/mol. The summed E-state index contributed by atoms with van der Waals surface area (Å²) in [6, 6.07) is 3.27. The van der Waals surface area contributed by atoms with Crippen LogP contribution in [0.5, 0.6) is 0 Å². The van der Waals surface area contributed by atoms with Gasteiger partial charge in [0.15, 0.2) is 0 Å². The van der Waals surface area contributed by atoms with E-state index < -0.39 is 17.8 Å². The molecule has 5 heteroatoms. The molecule has 1 aliphatic rings. The van der Waals surface area contributed by atoms with Crippen molar-refractivity contribution in [3.8, 4) is 0 Å². The van der Waals surface area contributed by atoms with Crippen LogP contribution >= 0.6 is 11.6 Å². The average Bonchev–Trinajstić information content (AvgIpc) is 2.13. The number of rotatable bonds is 2. The van der Waals surface area contributed by atoms with E-state index in [-0.39, 0.29) is 16.5 Å². The highest BCUT2D eigenvalue weighted by atomic mass is 35.5. The fourth-order valence-corrected chi connectivity index (χ4v) is 2.29. The smallest absolute Gasteiger partial charge is 0.324 e. The van der Waals surface area contributed by atoms with Crippen molar-refractivity contribution in [3.63, 3.8) is 0 Å². The van der Waals surface area contributed by atoms with Crippen LogP contribution in [0.25, 0.3) is 0 Å². The molecule has 2 rings (SSSR count). The fourth-order valence-electron chi connectivity index (χ4n) is 2.12. The Kier molecular flexibility index (Phi) is 3.36. The molecule has 0 saturated heterocycles. The van der Waals surface area contributed by atoms with Crippen molar-refractivity contribution in [2.24, 2.45) is 11.7 Å². The Morgan fingerprint density at radius 2 is 1.94 bits per heavy atom. The molecule has 0 bridgehead atoms. The molecule has 1 aliphatic carbocycles. The van der Waals surface area contributed by atoms with Crippen molar-refractivity contribution in [2.75, 3.05) is 0 Å². The SMILES string of the molecule is N[C@@H](c1ccc(Cl)cc1C(F)(F)F)C1CCC1. The molecule has 0 heterocycles. The molecule has 94 valence electrons. The second kappa shape index (κ2) is 4.50. The van der Waals surface area contributed by atoms with Gasteiger partial charge >= 0.3 is 6.18 Å². The molecule has 1 atom stereocenters. The predicted octanol–water partition coefficient (Wildman–Crippen LogP) is 4.16. The van der Waals surface area contributed by atoms with E-state index in [1.165, 1.54) is 12.1 Å². The first-order valence-corrected chi connectivity index (χ1v) is 5.89. The molecule has 0 amide bonds. The number of halogens is 4. The summed E-state index contributed by atoms with van der Waals surface area (Å²) < 4.78 is 38.6. The van der Waals surface area contributed by atoms with Gasteiger partial charge in [-0.25, -0.2) is 0 Å². The zero-order chi connectivity index (χ0) is 12.6. The van der Waals surface area contributed by atoms with E-state index in [9.17, 15) is 13.2 Å². The van der Waals surface area contributed by atoms with Crippen LogP contribution in [-0.2, 0) is 6.18 Å². The second-order valence-corrected chi connectivity index (χ2v) is 4.88. The normalized spacial score (nSPS) is 18.9. The highest BCUT2D eigenvalue weighted by molar-refractivity contribution is 6.30. The minimum absolute atomic E-state index is 0.0851. The van der Waals surface area contributed by atoms with Crippen LogP contribution in [0.1, 0.15) is 36.4 Å². The summed E-state index contributed by atoms with van der Waals surface area (Å²) in [4.78, 5) is 0. The Hall–Kier alpha value is -0.740. The van der Waals surface area contributed by atoms with Crippen LogP contribution in [0, 0.1) is 5.92 Å². The third-order valence-corrected chi connectivity index (χ3v) is 3.57. The van der Waals surface area contributed by atoms with Gasteiger partial charge in [-0.15, -0.1) is 0 Å². The molecular weight excluding hydrogens is 251 g/mol. The van der Waals surface area contributed by atoms with Gasteiger partial charge in [-0.1, -0.05) is 24.1 Å². The minimum atomic E-state index is -4.40. The summed E-state index contributed by atoms with van der Waals surface area (Å²) in [5.41, 5.74) is 5.36. The van der Waals surface area contributed by atoms with Crippen LogP contribution in [0.3, 0.4) is 0 Å². The van der Waals surface area contributed by atoms with Crippen molar-refractivity contribution >= 4 is 11.6 Å². The van der Waals surface area contributed by atoms with Gasteiger partial charge in [-0.05, 0) is 36.5 Å². The Morgan fingerprint density at radius 1 is 1.29 bits per heavy atom. The predicted molar refractivity (Wildman–Crippen MR) is 60.7 cm³/mol. The van der Waals surface area contributed by atoms with Crippen LogP contribution < -0.4 is 5.73 Å². The lowest BCUT2D eigenvalue weighted by Crippen LogP contribution is -2.29. The van der Waals surface area contributed by atoms with E-state index in [0.29, 0.717) is 0 Å². The van der Waals surface area contributed by atoms with Gasteiger partial charge in [0.05, 0.1) is 5.56 Å². The van der Waals surface area contributed by atoms with E-state index in [1.54, 1.807) is 0 Å². The van der Waals surface area contributed by atoms with E-state index in [4.69, 9.17) is 17.3 Å². The van der Waals surface area contributed by atoms with Crippen molar-refractivity contribution in [1.82, 2.24) is 0 Å². The first-order valence-electron chi connectivity index (χ1n) is 5.52. The summed E-state index contributed by atoms with van der Waals surface area (Å²) in [5.74, 6) is 0.164. The maximum Gasteiger partial charge on any atom is 0.416 e. The zero-order valence-electron chi connectivity index (χ0n) is 9.10. The van der Waals surface area contributed by atoms with E-state index in [2.05, 4.69) is 0 Å². The zero-order valence-corrected chi connectivity index (χ0v) is 9.85. The topological polar surface area (TPSA) is 26.0 Å². The van der Waals surface area contributed by atoms with Crippen molar-refractivity contribution < 1.29 is 13.2 Å². The molecule has 17 heavy (non-hydrogen) atoms. The largest absolute Gasteiger partial charge is 0.416 e. The molecule has 2 N–H and O–H groups in total. The Morgan fingerprint density at radius 3 is 2.41 bits per heavy atom. The van der Waals surface area contributed by atoms with Gasteiger partial charge in [0.25, 0.3) is 0 Å². The van der Waals surface area contributed by atoms with Gasteiger partial charge in [-0.2, -0.15) is 13.2 Å². The van der Waals surface area contributed by atoms with Crippen LogP contribution in [0.4, 0.5) is 13.2 Å². The lowest BCUT2D eigenvalue weighted by molar-refractivity contribution is -0.138. The summed E-state index contributed by atoms with van der Waals surface area (Å²) in [7, 11) is 0. The van der Waals surface area contributed by atoms with Crippen LogP contribution in [-0.4, -0.2) is 0 Å². The molecule has 1 fully saturated rings. The molecule has 1 aromatic carbocycles. The first-order chi connectivity index (χ1) is 7.89. The molecule has 0 aromatic heterocycles. The third-order valence-electron chi connectivity index (χ3n) is 3.34. The van der Waals surface area contributed by atoms with Gasteiger partial charge in [-0.3, -0.25) is 0 Å². The van der Waals surface area contributed by atoms with Gasteiger partial charge < -0.3 is 5.73 Å². The van der Waals surface area contributed by atoms with Crippen molar-refractivity contribution in [1.29, 1.82) is 0 Å². The standard InChI is InChI=1S/C12H13ClF3N/c13-8-4-5-9(10(6-8)12(14,15)16)11(17)7-2-1-3-7/h4-7,11H,1-3,17H2/t11-/m1/s1. The molecular formula is C12H13ClF3N. The minimum Gasteiger partial charge on any atom is -0.324 e. The summed E-state index contributed by atoms with van der Waals surface area (Å²) in [6.07, 6.45) is -1.54. The summed E-state index contributed by atoms with van der Waals surface area (Å²) in [6.45, 7) is 0. The maximum atomic E-state index is 12.9. The van der Waals surface area contributed by atoms with Crippen molar-refractivity contribution in [3.05, 3.63) is 34.3 Å². The molecule has 1 aromatic rings. The Balaban J connectivity index is 2.38. The van der Waals surface area contributed by atoms with Gasteiger partial charge in [0, 0.05) is 11.1 Å². The highest BCUT2D eigenvalue weighted by Crippen LogP contribution is 2.42. The number of hydrogen-bond donors (Lipinski definition) is 1. The Labute approximate surface area is 103 Å². The van der Waals surface area contributed by atoms with Crippen LogP contribution in [0.15, 0.2) is 18.2 Å². The monoisotopic (exact) mass is 263 g/mol.